The first-order chi connectivity index (χ1) is 13.6. The Morgan fingerprint density at radius 3 is 2.25 bits per heavy atom. The smallest absolute Gasteiger partial charge is 0.259 e. The first-order valence-corrected chi connectivity index (χ1v) is 9.18. The van der Waals surface area contributed by atoms with Gasteiger partial charge in [-0.05, 0) is 67.4 Å². The van der Waals surface area contributed by atoms with E-state index >= 15 is 0 Å². The maximum atomic E-state index is 12.1. The third-order valence-corrected chi connectivity index (χ3v) is 3.59. The van der Waals surface area contributed by atoms with Gasteiger partial charge in [0.25, 0.3) is 11.8 Å². The van der Waals surface area contributed by atoms with Crippen molar-refractivity contribution in [2.75, 3.05) is 19.8 Å². The zero-order chi connectivity index (χ0) is 20.2. The first kappa shape index (κ1) is 21.0. The van der Waals surface area contributed by atoms with E-state index in [4.69, 9.17) is 9.47 Å². The topological polar surface area (TPSA) is 89.0 Å². The fourth-order valence-electron chi connectivity index (χ4n) is 2.22. The first-order valence-electron chi connectivity index (χ1n) is 9.18. The standard InChI is InChI=1S/C21H25N3O4/c1-3-13-28-19-11-7-17(8-12-19)21(26)22-15-20(25)24-23-14-16-5-9-18(10-6-16)27-4-2/h5-12,14H,3-4,13,15H2,1-2H3,(H,22,26)(H,24,25)/b23-14-. The van der Waals surface area contributed by atoms with E-state index in [-0.39, 0.29) is 12.5 Å². The monoisotopic (exact) mass is 383 g/mol. The number of ether oxygens (including phenoxy) is 2. The number of nitrogens with zero attached hydrogens (tertiary/aromatic N) is 1. The van der Waals surface area contributed by atoms with Crippen molar-refractivity contribution in [3.05, 3.63) is 59.7 Å². The van der Waals surface area contributed by atoms with Crippen molar-refractivity contribution in [1.82, 2.24) is 10.7 Å². The van der Waals surface area contributed by atoms with Gasteiger partial charge >= 0.3 is 0 Å². The van der Waals surface area contributed by atoms with E-state index < -0.39 is 5.91 Å². The van der Waals surface area contributed by atoms with E-state index in [2.05, 4.69) is 15.8 Å². The summed E-state index contributed by atoms with van der Waals surface area (Å²) in [6, 6.07) is 14.1. The number of hydrazone groups is 1. The zero-order valence-electron chi connectivity index (χ0n) is 16.1. The lowest BCUT2D eigenvalue weighted by molar-refractivity contribution is -0.120. The number of amides is 2. The maximum absolute atomic E-state index is 12.1. The Labute approximate surface area is 164 Å². The Hall–Kier alpha value is -3.35. The van der Waals surface area contributed by atoms with Crippen molar-refractivity contribution >= 4 is 18.0 Å². The Balaban J connectivity index is 1.74. The fourth-order valence-corrected chi connectivity index (χ4v) is 2.22. The molecule has 0 heterocycles. The van der Waals surface area contributed by atoms with E-state index in [1.54, 1.807) is 24.3 Å². The van der Waals surface area contributed by atoms with Gasteiger partial charge in [-0.2, -0.15) is 5.10 Å². The minimum absolute atomic E-state index is 0.173. The highest BCUT2D eigenvalue weighted by Gasteiger charge is 2.07. The second-order valence-corrected chi connectivity index (χ2v) is 5.85. The zero-order valence-corrected chi connectivity index (χ0v) is 16.1. The average molecular weight is 383 g/mol. The van der Waals surface area contributed by atoms with Gasteiger partial charge in [0.05, 0.1) is 26.0 Å². The molecule has 2 aromatic carbocycles. The van der Waals surface area contributed by atoms with Crippen LogP contribution in [0.25, 0.3) is 0 Å². The molecule has 0 saturated carbocycles. The quantitative estimate of drug-likeness (QED) is 0.488. The molecule has 7 nitrogen and oxygen atoms in total. The summed E-state index contributed by atoms with van der Waals surface area (Å²) in [7, 11) is 0. The third kappa shape index (κ3) is 7.11. The second kappa shape index (κ2) is 11.4. The van der Waals surface area contributed by atoms with Crippen molar-refractivity contribution < 1.29 is 19.1 Å². The van der Waals surface area contributed by atoms with Gasteiger partial charge in [0.1, 0.15) is 11.5 Å². The van der Waals surface area contributed by atoms with Crippen molar-refractivity contribution in [3.8, 4) is 11.5 Å². The molecule has 0 aliphatic heterocycles. The summed E-state index contributed by atoms with van der Waals surface area (Å²) < 4.78 is 10.8. The number of benzene rings is 2. The van der Waals surface area contributed by atoms with Crippen molar-refractivity contribution in [3.63, 3.8) is 0 Å². The molecule has 0 unspecified atom stereocenters. The van der Waals surface area contributed by atoms with Crippen LogP contribution >= 0.6 is 0 Å². The van der Waals surface area contributed by atoms with Gasteiger partial charge in [-0.15, -0.1) is 0 Å². The van der Waals surface area contributed by atoms with Crippen LogP contribution in [-0.4, -0.2) is 37.8 Å². The van der Waals surface area contributed by atoms with Crippen LogP contribution in [0.3, 0.4) is 0 Å². The van der Waals surface area contributed by atoms with Crippen LogP contribution in [0.15, 0.2) is 53.6 Å². The summed E-state index contributed by atoms with van der Waals surface area (Å²) in [5.74, 6) is 0.724. The lowest BCUT2D eigenvalue weighted by Gasteiger charge is -2.07. The molecule has 7 heteroatoms. The van der Waals surface area contributed by atoms with Crippen LogP contribution in [0.1, 0.15) is 36.2 Å². The molecule has 2 rings (SSSR count). The third-order valence-electron chi connectivity index (χ3n) is 3.59. The molecule has 0 atom stereocenters. The molecule has 0 radical (unpaired) electrons. The highest BCUT2D eigenvalue weighted by Crippen LogP contribution is 2.12. The van der Waals surface area contributed by atoms with Crippen LogP contribution in [0.4, 0.5) is 0 Å². The van der Waals surface area contributed by atoms with E-state index in [0.717, 1.165) is 17.7 Å². The van der Waals surface area contributed by atoms with Gasteiger partial charge in [0, 0.05) is 5.56 Å². The fraction of sp³-hybridized carbons (Fsp3) is 0.286. The number of hydrogen-bond acceptors (Lipinski definition) is 5. The molecule has 0 fully saturated rings. The molecule has 2 amide bonds. The number of carbonyl (C=O) groups is 2. The van der Waals surface area contributed by atoms with Gasteiger partial charge in [0.2, 0.25) is 0 Å². The van der Waals surface area contributed by atoms with Gasteiger partial charge in [-0.1, -0.05) is 6.92 Å². The minimum atomic E-state index is -0.418. The Morgan fingerprint density at radius 2 is 1.61 bits per heavy atom. The van der Waals surface area contributed by atoms with Gasteiger partial charge < -0.3 is 14.8 Å². The molecule has 0 saturated heterocycles. The highest BCUT2D eigenvalue weighted by atomic mass is 16.5. The summed E-state index contributed by atoms with van der Waals surface area (Å²) >= 11 is 0. The molecule has 0 spiro atoms. The molecule has 148 valence electrons. The van der Waals surface area contributed by atoms with E-state index in [9.17, 15) is 9.59 Å². The summed E-state index contributed by atoms with van der Waals surface area (Å²) in [5, 5.41) is 6.42. The largest absolute Gasteiger partial charge is 0.494 e. The Bertz CT molecular complexity index is 786. The highest BCUT2D eigenvalue weighted by molar-refractivity contribution is 5.96. The SMILES string of the molecule is CCCOc1ccc(C(=O)NCC(=O)N/N=C\c2ccc(OCC)cc2)cc1. The lowest BCUT2D eigenvalue weighted by Crippen LogP contribution is -2.34. The molecule has 28 heavy (non-hydrogen) atoms. The normalized spacial score (nSPS) is 10.5. The number of carbonyl (C=O) groups excluding carboxylic acids is 2. The van der Waals surface area contributed by atoms with Crippen LogP contribution in [0.2, 0.25) is 0 Å². The molecule has 2 aromatic rings. The van der Waals surface area contributed by atoms with E-state index in [1.165, 1.54) is 6.21 Å². The summed E-state index contributed by atoms with van der Waals surface area (Å²) in [6.45, 7) is 5.00. The predicted molar refractivity (Wildman–Crippen MR) is 108 cm³/mol. The predicted octanol–water partition coefficient (Wildman–Crippen LogP) is 2.75. The summed E-state index contributed by atoms with van der Waals surface area (Å²) in [6.07, 6.45) is 2.43. The van der Waals surface area contributed by atoms with Gasteiger partial charge in [-0.25, -0.2) is 5.43 Å². The summed E-state index contributed by atoms with van der Waals surface area (Å²) in [4.78, 5) is 23.9. The van der Waals surface area contributed by atoms with E-state index in [0.29, 0.717) is 24.5 Å². The molecule has 0 aliphatic rings. The number of hydrogen-bond donors (Lipinski definition) is 2. The Morgan fingerprint density at radius 1 is 0.964 bits per heavy atom. The van der Waals surface area contributed by atoms with Crippen LogP contribution in [-0.2, 0) is 4.79 Å². The second-order valence-electron chi connectivity index (χ2n) is 5.85. The van der Waals surface area contributed by atoms with E-state index in [1.807, 2.05) is 38.1 Å². The molecule has 0 bridgehead atoms. The Kier molecular flexibility index (Phi) is 8.52. The number of rotatable bonds is 10. The van der Waals surface area contributed by atoms with Crippen molar-refractivity contribution in [2.45, 2.75) is 20.3 Å². The molecular formula is C21H25N3O4. The van der Waals surface area contributed by atoms with Crippen molar-refractivity contribution in [2.24, 2.45) is 5.10 Å². The van der Waals surface area contributed by atoms with Gasteiger partial charge in [0.15, 0.2) is 0 Å². The van der Waals surface area contributed by atoms with Gasteiger partial charge in [-0.3, -0.25) is 9.59 Å². The minimum Gasteiger partial charge on any atom is -0.494 e. The molecular weight excluding hydrogens is 358 g/mol. The summed E-state index contributed by atoms with van der Waals surface area (Å²) in [5.41, 5.74) is 3.65. The van der Waals surface area contributed by atoms with Crippen LogP contribution < -0.4 is 20.2 Å². The molecule has 0 aliphatic carbocycles. The molecule has 2 N–H and O–H groups in total. The number of nitrogens with one attached hydrogen (secondary N) is 2. The van der Waals surface area contributed by atoms with Crippen LogP contribution in [0.5, 0.6) is 11.5 Å². The van der Waals surface area contributed by atoms with Crippen molar-refractivity contribution in [1.29, 1.82) is 0 Å². The molecule has 0 aromatic heterocycles. The maximum Gasteiger partial charge on any atom is 0.259 e. The average Bonchev–Trinajstić information content (AvgIpc) is 2.72. The van der Waals surface area contributed by atoms with Crippen LogP contribution in [0, 0.1) is 0 Å². The lowest BCUT2D eigenvalue weighted by atomic mass is 10.2.